The Morgan fingerprint density at radius 2 is 2.05 bits per heavy atom. The van der Waals surface area contributed by atoms with Gasteiger partial charge in [-0.2, -0.15) is 5.10 Å². The fraction of sp³-hybridized carbons (Fsp3) is 0.0667. The van der Waals surface area contributed by atoms with Gasteiger partial charge in [0.15, 0.2) is 0 Å². The SMILES string of the molecule is Cc1ccccc1C(=O)N/N=C\c1cc(Br)ccc1O. The van der Waals surface area contributed by atoms with Crippen molar-refractivity contribution in [2.45, 2.75) is 6.92 Å². The van der Waals surface area contributed by atoms with Crippen molar-refractivity contribution in [3.05, 3.63) is 63.6 Å². The van der Waals surface area contributed by atoms with Crippen molar-refractivity contribution >= 4 is 28.1 Å². The van der Waals surface area contributed by atoms with Crippen LogP contribution in [0.3, 0.4) is 0 Å². The molecule has 0 aromatic heterocycles. The second-order valence-electron chi connectivity index (χ2n) is 4.22. The van der Waals surface area contributed by atoms with Gasteiger partial charge < -0.3 is 5.11 Å². The summed E-state index contributed by atoms with van der Waals surface area (Å²) in [4.78, 5) is 11.9. The van der Waals surface area contributed by atoms with E-state index in [1.165, 1.54) is 6.21 Å². The number of carbonyl (C=O) groups excluding carboxylic acids is 1. The van der Waals surface area contributed by atoms with Crippen molar-refractivity contribution in [3.8, 4) is 5.75 Å². The van der Waals surface area contributed by atoms with E-state index in [4.69, 9.17) is 0 Å². The number of halogens is 1. The molecule has 2 aromatic rings. The standard InChI is InChI=1S/C15H13BrN2O2/c1-10-4-2-3-5-13(10)15(20)18-17-9-11-8-12(16)6-7-14(11)19/h2-9,19H,1H3,(H,18,20)/b17-9-. The van der Waals surface area contributed by atoms with Crippen LogP contribution < -0.4 is 5.43 Å². The molecule has 0 saturated carbocycles. The maximum atomic E-state index is 11.9. The van der Waals surface area contributed by atoms with Gasteiger partial charge in [-0.3, -0.25) is 4.79 Å². The first-order valence-corrected chi connectivity index (χ1v) is 6.75. The molecule has 2 aromatic carbocycles. The molecule has 2 N–H and O–H groups in total. The molecule has 1 amide bonds. The van der Waals surface area contributed by atoms with E-state index < -0.39 is 0 Å². The van der Waals surface area contributed by atoms with Gasteiger partial charge in [0.25, 0.3) is 5.91 Å². The molecule has 5 heteroatoms. The number of aryl methyl sites for hydroxylation is 1. The van der Waals surface area contributed by atoms with Crippen molar-refractivity contribution < 1.29 is 9.90 Å². The predicted molar refractivity (Wildman–Crippen MR) is 82.0 cm³/mol. The van der Waals surface area contributed by atoms with Crippen molar-refractivity contribution in [1.82, 2.24) is 5.43 Å². The molecule has 0 unspecified atom stereocenters. The second-order valence-corrected chi connectivity index (χ2v) is 5.13. The fourth-order valence-electron chi connectivity index (χ4n) is 1.68. The lowest BCUT2D eigenvalue weighted by atomic mass is 10.1. The molecule has 20 heavy (non-hydrogen) atoms. The number of hydrazone groups is 1. The molecule has 0 aliphatic heterocycles. The number of hydrogen-bond acceptors (Lipinski definition) is 3. The van der Waals surface area contributed by atoms with Gasteiger partial charge in [0.05, 0.1) is 6.21 Å². The summed E-state index contributed by atoms with van der Waals surface area (Å²) in [6, 6.07) is 12.2. The number of rotatable bonds is 3. The van der Waals surface area contributed by atoms with E-state index in [1.807, 2.05) is 19.1 Å². The van der Waals surface area contributed by atoms with E-state index in [-0.39, 0.29) is 11.7 Å². The lowest BCUT2D eigenvalue weighted by Gasteiger charge is -2.03. The van der Waals surface area contributed by atoms with Gasteiger partial charge in [-0.25, -0.2) is 5.43 Å². The van der Waals surface area contributed by atoms with Crippen LogP contribution in [0.15, 0.2) is 52.0 Å². The summed E-state index contributed by atoms with van der Waals surface area (Å²) in [5.41, 5.74) is 4.41. The number of nitrogens with one attached hydrogen (secondary N) is 1. The zero-order chi connectivity index (χ0) is 14.5. The highest BCUT2D eigenvalue weighted by Gasteiger charge is 2.06. The minimum atomic E-state index is -0.283. The van der Waals surface area contributed by atoms with E-state index in [2.05, 4.69) is 26.5 Å². The topological polar surface area (TPSA) is 61.7 Å². The Morgan fingerprint density at radius 1 is 1.30 bits per heavy atom. The molecule has 0 fully saturated rings. The third-order valence-electron chi connectivity index (χ3n) is 2.75. The third kappa shape index (κ3) is 3.45. The third-order valence-corrected chi connectivity index (χ3v) is 3.24. The largest absolute Gasteiger partial charge is 0.507 e. The lowest BCUT2D eigenvalue weighted by Crippen LogP contribution is -2.18. The zero-order valence-electron chi connectivity index (χ0n) is 10.8. The molecule has 0 aliphatic rings. The van der Waals surface area contributed by atoms with Crippen molar-refractivity contribution in [2.75, 3.05) is 0 Å². The van der Waals surface area contributed by atoms with Gasteiger partial charge in [0.1, 0.15) is 5.75 Å². The summed E-state index contributed by atoms with van der Waals surface area (Å²) >= 11 is 3.30. The Balaban J connectivity index is 2.09. The fourth-order valence-corrected chi connectivity index (χ4v) is 2.06. The summed E-state index contributed by atoms with van der Waals surface area (Å²) in [6.07, 6.45) is 1.40. The Labute approximate surface area is 125 Å². The second kappa shape index (κ2) is 6.34. The molecule has 0 aliphatic carbocycles. The van der Waals surface area contributed by atoms with Crippen molar-refractivity contribution in [3.63, 3.8) is 0 Å². The van der Waals surface area contributed by atoms with Gasteiger partial charge in [0.2, 0.25) is 0 Å². The maximum Gasteiger partial charge on any atom is 0.271 e. The van der Waals surface area contributed by atoms with Crippen LogP contribution in [-0.2, 0) is 0 Å². The van der Waals surface area contributed by atoms with Crippen LogP contribution in [0.5, 0.6) is 5.75 Å². The maximum absolute atomic E-state index is 11.9. The number of benzene rings is 2. The average molecular weight is 333 g/mol. The van der Waals surface area contributed by atoms with Crippen LogP contribution in [0, 0.1) is 6.92 Å². The predicted octanol–water partition coefficient (Wildman–Crippen LogP) is 3.23. The molecule has 0 heterocycles. The highest BCUT2D eigenvalue weighted by Crippen LogP contribution is 2.19. The number of hydrogen-bond donors (Lipinski definition) is 2. The molecule has 0 radical (unpaired) electrons. The molecule has 2 rings (SSSR count). The van der Waals surface area contributed by atoms with Gasteiger partial charge in [0, 0.05) is 15.6 Å². The first kappa shape index (κ1) is 14.3. The smallest absolute Gasteiger partial charge is 0.271 e. The first-order chi connectivity index (χ1) is 9.58. The van der Waals surface area contributed by atoms with Crippen LogP contribution in [0.4, 0.5) is 0 Å². The van der Waals surface area contributed by atoms with Gasteiger partial charge in [-0.15, -0.1) is 0 Å². The molecule has 4 nitrogen and oxygen atoms in total. The minimum absolute atomic E-state index is 0.0992. The molecule has 0 bridgehead atoms. The summed E-state index contributed by atoms with van der Waals surface area (Å²) < 4.78 is 0.821. The minimum Gasteiger partial charge on any atom is -0.507 e. The molecular weight excluding hydrogens is 320 g/mol. The van der Waals surface area contributed by atoms with Crippen LogP contribution in [-0.4, -0.2) is 17.2 Å². The normalized spacial score (nSPS) is 10.7. The summed E-state index contributed by atoms with van der Waals surface area (Å²) in [5, 5.41) is 13.5. The number of nitrogens with zero attached hydrogens (tertiary/aromatic N) is 1. The average Bonchev–Trinajstić information content (AvgIpc) is 2.43. The van der Waals surface area contributed by atoms with Gasteiger partial charge in [-0.05, 0) is 36.8 Å². The van der Waals surface area contributed by atoms with Crippen molar-refractivity contribution in [1.29, 1.82) is 0 Å². The van der Waals surface area contributed by atoms with Crippen molar-refractivity contribution in [2.24, 2.45) is 5.10 Å². The monoisotopic (exact) mass is 332 g/mol. The number of aromatic hydroxyl groups is 1. The summed E-state index contributed by atoms with van der Waals surface area (Å²) in [6.45, 7) is 1.86. The zero-order valence-corrected chi connectivity index (χ0v) is 12.4. The Morgan fingerprint density at radius 3 is 2.80 bits per heavy atom. The Hall–Kier alpha value is -2.14. The number of phenols is 1. The van der Waals surface area contributed by atoms with Crippen LogP contribution in [0.2, 0.25) is 0 Å². The molecule has 102 valence electrons. The highest BCUT2D eigenvalue weighted by atomic mass is 79.9. The van der Waals surface area contributed by atoms with Gasteiger partial charge in [-0.1, -0.05) is 34.1 Å². The first-order valence-electron chi connectivity index (χ1n) is 5.95. The van der Waals surface area contributed by atoms with E-state index in [0.29, 0.717) is 11.1 Å². The number of phenolic OH excluding ortho intramolecular Hbond substituents is 1. The van der Waals surface area contributed by atoms with E-state index >= 15 is 0 Å². The van der Waals surface area contributed by atoms with E-state index in [0.717, 1.165) is 10.0 Å². The summed E-state index contributed by atoms with van der Waals surface area (Å²) in [7, 11) is 0. The lowest BCUT2D eigenvalue weighted by molar-refractivity contribution is 0.0954. The van der Waals surface area contributed by atoms with E-state index in [9.17, 15) is 9.90 Å². The molecular formula is C15H13BrN2O2. The molecule has 0 spiro atoms. The van der Waals surface area contributed by atoms with E-state index in [1.54, 1.807) is 30.3 Å². The van der Waals surface area contributed by atoms with Crippen LogP contribution >= 0.6 is 15.9 Å². The van der Waals surface area contributed by atoms with Crippen LogP contribution in [0.1, 0.15) is 21.5 Å². The quantitative estimate of drug-likeness (QED) is 0.669. The molecule has 0 atom stereocenters. The number of carbonyl (C=O) groups is 1. The summed E-state index contributed by atoms with van der Waals surface area (Å²) in [5.74, 6) is -0.184. The highest BCUT2D eigenvalue weighted by molar-refractivity contribution is 9.10. The Kier molecular flexibility index (Phi) is 4.53. The van der Waals surface area contributed by atoms with Gasteiger partial charge >= 0.3 is 0 Å². The van der Waals surface area contributed by atoms with Crippen LogP contribution in [0.25, 0.3) is 0 Å². The Bertz CT molecular complexity index is 669. The molecule has 0 saturated heterocycles. The number of amides is 1.